The highest BCUT2D eigenvalue weighted by Gasteiger charge is 2.47. The molecule has 6 N–H and O–H groups in total. The average Bonchev–Trinajstić information content (AvgIpc) is 1.55. The molecule has 4 aromatic rings. The third-order valence-electron chi connectivity index (χ3n) is 19.5. The highest BCUT2D eigenvalue weighted by molar-refractivity contribution is 7.91. The number of hydrogen-bond donors (Lipinski definition) is 6. The third-order valence-corrected chi connectivity index (χ3v) is 23.4. The number of sulfonamides is 2. The fraction of sp³-hybridized carbons (Fsp3) is 0.500. The highest BCUT2D eigenvalue weighted by Crippen LogP contribution is 2.49. The molecule has 4 bridgehead atoms. The number of carboxylic acid groups (broad SMARTS) is 2. The quantitative estimate of drug-likeness (QED) is 0.104. The lowest BCUT2D eigenvalue weighted by atomic mass is 9.68. The molecule has 0 radical (unpaired) electrons. The Hall–Kier alpha value is -6.16. The van der Waals surface area contributed by atoms with Crippen LogP contribution < -0.4 is 28.7 Å². The second kappa shape index (κ2) is 25.1. The van der Waals surface area contributed by atoms with Crippen LogP contribution in [0.4, 0.5) is 11.4 Å². The summed E-state index contributed by atoms with van der Waals surface area (Å²) < 4.78 is 70.0. The summed E-state index contributed by atoms with van der Waals surface area (Å²) in [6.07, 6.45) is 14.1. The van der Waals surface area contributed by atoms with E-state index in [4.69, 9.17) is 32.7 Å². The molecule has 18 nitrogen and oxygen atoms in total. The maximum Gasteiger partial charge on any atom is 0.304 e. The van der Waals surface area contributed by atoms with Crippen molar-refractivity contribution in [1.29, 1.82) is 0 Å². The average molecular weight is 1260 g/mol. The van der Waals surface area contributed by atoms with Crippen LogP contribution in [-0.2, 0) is 53.3 Å². The first-order valence-electron chi connectivity index (χ1n) is 30.0. The van der Waals surface area contributed by atoms with Crippen molar-refractivity contribution in [3.63, 3.8) is 0 Å². The normalized spacial score (nSPS) is 30.9. The van der Waals surface area contributed by atoms with E-state index in [2.05, 4.69) is 31.4 Å². The molecule has 4 aliphatic carbocycles. The van der Waals surface area contributed by atoms with Crippen LogP contribution >= 0.6 is 23.2 Å². The van der Waals surface area contributed by atoms with Crippen LogP contribution in [0.1, 0.15) is 133 Å². The number of aliphatic hydroxyl groups is 2. The van der Waals surface area contributed by atoms with Crippen LogP contribution in [0.2, 0.25) is 10.0 Å². The Balaban J connectivity index is 0.000000179. The number of ether oxygens (including phenoxy) is 2. The summed E-state index contributed by atoms with van der Waals surface area (Å²) in [6.45, 7) is 3.46. The number of nitrogens with zero attached hydrogens (tertiary/aromatic N) is 2. The Morgan fingerprint density at radius 1 is 0.581 bits per heavy atom. The number of halogens is 2. The van der Waals surface area contributed by atoms with Gasteiger partial charge in [-0.25, -0.2) is 26.3 Å². The van der Waals surface area contributed by atoms with Gasteiger partial charge in [0, 0.05) is 58.2 Å². The second-order valence-electron chi connectivity index (χ2n) is 25.0. The second-order valence-corrected chi connectivity index (χ2v) is 29.8. The SMILES string of the molecule is O=C(O)C[C@@H]1CC/C=C/[C@H](O)[C@@H]2CC[C@H]2CN2C[C@@]3(CCCc4cc(Cl)ccc43)COc3ccc(cc32)C(=O)NS1(=O)=O.O=C(O)C[C@H]1CC/C=C/[C@H](O)[C@@H]2CC[C@H]2CN2C[C@@]3(CCCc4cc(Cl)ccc43)COc3ccc(cc32)C(=O)NS1(=O)=O. The number of aliphatic hydroxyl groups excluding tert-OH is 2. The molecule has 4 aromatic carbocycles. The minimum Gasteiger partial charge on any atom is -0.490 e. The van der Waals surface area contributed by atoms with E-state index in [-0.39, 0.29) is 71.3 Å². The molecular weight excluding hydrogens is 1180 g/mol. The summed E-state index contributed by atoms with van der Waals surface area (Å²) in [7, 11) is -8.60. The number of benzene rings is 4. The number of fused-ring (bicyclic) bond motifs is 8. The number of allylic oxidation sites excluding steroid dienone is 2. The van der Waals surface area contributed by atoms with Gasteiger partial charge in [0.2, 0.25) is 20.0 Å². The van der Waals surface area contributed by atoms with Gasteiger partial charge in [0.15, 0.2) is 0 Å². The van der Waals surface area contributed by atoms with E-state index >= 15 is 0 Å². The van der Waals surface area contributed by atoms with Gasteiger partial charge in [-0.1, -0.05) is 59.6 Å². The number of aliphatic carboxylic acids is 2. The molecule has 86 heavy (non-hydrogen) atoms. The first-order valence-corrected chi connectivity index (χ1v) is 33.8. The lowest BCUT2D eigenvalue weighted by molar-refractivity contribution is -0.138. The Morgan fingerprint density at radius 2 is 1.00 bits per heavy atom. The molecule has 4 aliphatic heterocycles. The predicted octanol–water partition coefficient (Wildman–Crippen LogP) is 8.91. The summed E-state index contributed by atoms with van der Waals surface area (Å²) in [5.74, 6) is -2.44. The number of carbonyl (C=O) groups excluding carboxylic acids is 2. The van der Waals surface area contributed by atoms with E-state index < -0.39 is 79.3 Å². The number of amides is 2. The first kappa shape index (κ1) is 61.5. The molecule has 4 heterocycles. The molecule has 2 amide bonds. The highest BCUT2D eigenvalue weighted by atomic mass is 35.5. The summed E-state index contributed by atoms with van der Waals surface area (Å²) in [4.78, 5) is 54.1. The van der Waals surface area contributed by atoms with E-state index in [0.717, 1.165) is 64.2 Å². The molecule has 8 aliphatic rings. The summed E-state index contributed by atoms with van der Waals surface area (Å²) in [5.41, 5.74) is 5.92. The van der Waals surface area contributed by atoms with Crippen LogP contribution in [0.5, 0.6) is 11.5 Å². The van der Waals surface area contributed by atoms with E-state index in [0.29, 0.717) is 72.3 Å². The van der Waals surface area contributed by atoms with Crippen LogP contribution in [0.3, 0.4) is 0 Å². The molecule has 10 atom stereocenters. The topological polar surface area (TPSA) is 266 Å². The third kappa shape index (κ3) is 13.0. The number of rotatable bonds is 4. The van der Waals surface area contributed by atoms with Gasteiger partial charge < -0.3 is 39.7 Å². The van der Waals surface area contributed by atoms with Crippen molar-refractivity contribution >= 4 is 78.4 Å². The molecule has 0 saturated heterocycles. The molecule has 12 rings (SSSR count). The van der Waals surface area contributed by atoms with Gasteiger partial charge in [-0.2, -0.15) is 0 Å². The lowest BCUT2D eigenvalue weighted by Crippen LogP contribution is -2.49. The summed E-state index contributed by atoms with van der Waals surface area (Å²) >= 11 is 12.7. The molecule has 22 heteroatoms. The predicted molar refractivity (Wildman–Crippen MR) is 326 cm³/mol. The number of nitrogens with one attached hydrogen (secondary N) is 2. The maximum absolute atomic E-state index is 13.3. The van der Waals surface area contributed by atoms with Crippen molar-refractivity contribution in [2.75, 3.05) is 49.2 Å². The largest absolute Gasteiger partial charge is 0.490 e. The molecule has 0 aromatic heterocycles. The zero-order valence-corrected chi connectivity index (χ0v) is 50.9. The standard InChI is InChI=1S/2C32H37ClN2O7S/c2*33-23-9-11-26-20(14-23)4-3-13-32(26)18-35-17-22-7-10-25(22)28(36)6-2-1-5-24(16-30(37)38)43(40,41)34-31(39)21-8-12-29(42-19-32)27(35)15-21/h2*2,6,8-9,11-12,14-15,22,24-25,28,36H,1,3-5,7,10,13,16-19H2,(H,34,39)(H,37,38)/b2*6-2+/t22-,24+,25+,28-,32-;22-,24-,25+,28-,32-/m00/s1. The monoisotopic (exact) mass is 1260 g/mol. The van der Waals surface area contributed by atoms with E-state index in [1.165, 1.54) is 22.3 Å². The van der Waals surface area contributed by atoms with Gasteiger partial charge >= 0.3 is 11.9 Å². The number of hydrogen-bond acceptors (Lipinski definition) is 14. The summed E-state index contributed by atoms with van der Waals surface area (Å²) in [6, 6.07) is 22.0. The van der Waals surface area contributed by atoms with Gasteiger partial charge in [-0.3, -0.25) is 19.2 Å². The van der Waals surface area contributed by atoms with Gasteiger partial charge in [0.1, 0.15) is 11.5 Å². The molecular formula is C64H74Cl2N4O14S2. The number of carboxylic acids is 2. The minimum absolute atomic E-state index is 0.00675. The minimum atomic E-state index is -4.30. The van der Waals surface area contributed by atoms with Crippen molar-refractivity contribution in [3.8, 4) is 11.5 Å². The Labute approximate surface area is 512 Å². The van der Waals surface area contributed by atoms with Crippen molar-refractivity contribution in [3.05, 3.63) is 141 Å². The zero-order valence-electron chi connectivity index (χ0n) is 47.8. The molecule has 2 spiro atoms. The van der Waals surface area contributed by atoms with E-state index in [9.17, 15) is 56.4 Å². The van der Waals surface area contributed by atoms with Gasteiger partial charge in [0.25, 0.3) is 11.8 Å². The Morgan fingerprint density at radius 3 is 1.38 bits per heavy atom. The molecule has 2 saturated carbocycles. The van der Waals surface area contributed by atoms with E-state index in [1.54, 1.807) is 60.7 Å². The maximum atomic E-state index is 13.3. The van der Waals surface area contributed by atoms with Crippen molar-refractivity contribution in [2.45, 2.75) is 136 Å². The fourth-order valence-corrected chi connectivity index (χ4v) is 17.7. The van der Waals surface area contributed by atoms with Gasteiger partial charge in [-0.15, -0.1) is 0 Å². The van der Waals surface area contributed by atoms with Crippen molar-refractivity contribution in [1.82, 2.24) is 9.44 Å². The Kier molecular flexibility index (Phi) is 18.0. The zero-order chi connectivity index (χ0) is 60.7. The van der Waals surface area contributed by atoms with Crippen LogP contribution in [0.25, 0.3) is 0 Å². The van der Waals surface area contributed by atoms with Crippen LogP contribution in [-0.4, -0.2) is 123 Å². The van der Waals surface area contributed by atoms with Gasteiger partial charge in [0.05, 0.1) is 60.1 Å². The van der Waals surface area contributed by atoms with Crippen LogP contribution in [0, 0.1) is 23.7 Å². The van der Waals surface area contributed by atoms with Gasteiger partial charge in [-0.05, 0) is 196 Å². The lowest BCUT2D eigenvalue weighted by Gasteiger charge is -2.45. The fourth-order valence-electron chi connectivity index (χ4n) is 14.6. The number of anilines is 2. The van der Waals surface area contributed by atoms with Crippen LogP contribution in [0.15, 0.2) is 97.1 Å². The Bertz CT molecular complexity index is 3350. The number of aryl methyl sites for hydroxylation is 2. The number of carbonyl (C=O) groups is 4. The van der Waals surface area contributed by atoms with Crippen molar-refractivity contribution < 1.29 is 65.9 Å². The van der Waals surface area contributed by atoms with E-state index in [1.807, 2.05) is 24.3 Å². The first-order chi connectivity index (χ1) is 41.1. The molecule has 460 valence electrons. The molecule has 2 fully saturated rings. The molecule has 0 unspecified atom stereocenters. The smallest absolute Gasteiger partial charge is 0.304 e. The summed E-state index contributed by atoms with van der Waals surface area (Å²) in [5, 5.41) is 39.7. The van der Waals surface area contributed by atoms with Crippen molar-refractivity contribution in [2.24, 2.45) is 23.7 Å².